The van der Waals surface area contributed by atoms with E-state index in [1.54, 1.807) is 11.3 Å². The van der Waals surface area contributed by atoms with Crippen molar-refractivity contribution in [1.82, 2.24) is 9.80 Å². The molecule has 1 aromatic rings. The van der Waals surface area contributed by atoms with Crippen LogP contribution in [0.25, 0.3) is 0 Å². The lowest BCUT2D eigenvalue weighted by molar-refractivity contribution is -0.132. The monoisotopic (exact) mass is 374 g/mol. The summed E-state index contributed by atoms with van der Waals surface area (Å²) in [7, 11) is 0. The maximum Gasteiger partial charge on any atom is 0.237 e. The third-order valence-corrected chi connectivity index (χ3v) is 5.58. The van der Waals surface area contributed by atoms with Gasteiger partial charge in [-0.05, 0) is 60.3 Å². The quantitative estimate of drug-likeness (QED) is 0.797. The molecule has 1 atom stereocenters. The van der Waals surface area contributed by atoms with Crippen molar-refractivity contribution in [2.24, 2.45) is 5.92 Å². The lowest BCUT2D eigenvalue weighted by Crippen LogP contribution is -2.39. The number of hydrogen-bond acceptors (Lipinski definition) is 4. The first-order valence-electron chi connectivity index (χ1n) is 7.47. The SMILES string of the molecule is CCN(Cc1ccc(Br)s1)C(=O)CN1CCC(CCO)C1. The van der Waals surface area contributed by atoms with Crippen molar-refractivity contribution >= 4 is 33.2 Å². The Kier molecular flexibility index (Phi) is 6.67. The number of halogens is 1. The Hall–Kier alpha value is -0.430. The van der Waals surface area contributed by atoms with Crippen LogP contribution in [0.1, 0.15) is 24.6 Å². The van der Waals surface area contributed by atoms with E-state index in [2.05, 4.69) is 26.9 Å². The van der Waals surface area contributed by atoms with Crippen LogP contribution in [-0.2, 0) is 11.3 Å². The van der Waals surface area contributed by atoms with Crippen LogP contribution >= 0.6 is 27.3 Å². The number of carbonyl (C=O) groups is 1. The van der Waals surface area contributed by atoms with Gasteiger partial charge < -0.3 is 10.0 Å². The lowest BCUT2D eigenvalue weighted by atomic mass is 10.1. The van der Waals surface area contributed by atoms with E-state index in [-0.39, 0.29) is 12.5 Å². The number of hydrogen-bond donors (Lipinski definition) is 1. The van der Waals surface area contributed by atoms with Gasteiger partial charge in [-0.25, -0.2) is 0 Å². The van der Waals surface area contributed by atoms with Crippen LogP contribution < -0.4 is 0 Å². The number of rotatable bonds is 7. The Bertz CT molecular complexity index is 466. The maximum atomic E-state index is 12.4. The molecule has 2 heterocycles. The second-order valence-corrected chi connectivity index (χ2v) is 8.06. The summed E-state index contributed by atoms with van der Waals surface area (Å²) >= 11 is 5.14. The summed E-state index contributed by atoms with van der Waals surface area (Å²) in [6, 6.07) is 4.09. The molecule has 0 aliphatic carbocycles. The fraction of sp³-hybridized carbons (Fsp3) is 0.667. The Morgan fingerprint density at radius 1 is 1.57 bits per heavy atom. The molecule has 0 radical (unpaired) electrons. The molecule has 6 heteroatoms. The number of amides is 1. The van der Waals surface area contributed by atoms with Crippen LogP contribution in [0.15, 0.2) is 15.9 Å². The van der Waals surface area contributed by atoms with Crippen molar-refractivity contribution in [2.75, 3.05) is 32.8 Å². The first-order chi connectivity index (χ1) is 10.1. The molecule has 1 N–H and O–H groups in total. The second kappa shape index (κ2) is 8.27. The van der Waals surface area contributed by atoms with Crippen LogP contribution in [0.2, 0.25) is 0 Å². The van der Waals surface area contributed by atoms with Gasteiger partial charge in [0.15, 0.2) is 0 Å². The highest BCUT2D eigenvalue weighted by Crippen LogP contribution is 2.24. The van der Waals surface area contributed by atoms with E-state index >= 15 is 0 Å². The molecule has 4 nitrogen and oxygen atoms in total. The van der Waals surface area contributed by atoms with Gasteiger partial charge in [-0.15, -0.1) is 11.3 Å². The molecule has 1 aromatic heterocycles. The molecule has 0 bridgehead atoms. The fourth-order valence-electron chi connectivity index (χ4n) is 2.77. The van der Waals surface area contributed by atoms with Crippen LogP contribution in [-0.4, -0.2) is 53.6 Å². The lowest BCUT2D eigenvalue weighted by Gasteiger charge is -2.23. The smallest absolute Gasteiger partial charge is 0.237 e. The minimum absolute atomic E-state index is 0.201. The number of carbonyl (C=O) groups excluding carboxylic acids is 1. The van der Waals surface area contributed by atoms with E-state index in [4.69, 9.17) is 5.11 Å². The number of nitrogens with zero attached hydrogens (tertiary/aromatic N) is 2. The molecule has 1 fully saturated rings. The summed E-state index contributed by atoms with van der Waals surface area (Å²) in [5, 5.41) is 8.99. The molecular weight excluding hydrogens is 352 g/mol. The first kappa shape index (κ1) is 16.9. The molecule has 0 aromatic carbocycles. The zero-order valence-corrected chi connectivity index (χ0v) is 14.8. The highest BCUT2D eigenvalue weighted by molar-refractivity contribution is 9.11. The normalized spacial score (nSPS) is 19.1. The number of likely N-dealkylation sites (tertiary alicyclic amines) is 1. The highest BCUT2D eigenvalue weighted by atomic mass is 79.9. The largest absolute Gasteiger partial charge is 0.396 e. The Morgan fingerprint density at radius 2 is 2.38 bits per heavy atom. The summed E-state index contributed by atoms with van der Waals surface area (Å²) in [4.78, 5) is 17.8. The van der Waals surface area contributed by atoms with Gasteiger partial charge in [0, 0.05) is 24.6 Å². The third kappa shape index (κ3) is 5.06. The average Bonchev–Trinajstić information content (AvgIpc) is 3.06. The third-order valence-electron chi connectivity index (χ3n) is 3.98. The molecule has 1 unspecified atom stereocenters. The van der Waals surface area contributed by atoms with Gasteiger partial charge in [0.25, 0.3) is 0 Å². The van der Waals surface area contributed by atoms with Crippen LogP contribution in [0.3, 0.4) is 0 Å². The van der Waals surface area contributed by atoms with Gasteiger partial charge in [-0.3, -0.25) is 9.69 Å². The van der Waals surface area contributed by atoms with Crippen molar-refractivity contribution < 1.29 is 9.90 Å². The molecule has 1 saturated heterocycles. The van der Waals surface area contributed by atoms with Gasteiger partial charge in [-0.2, -0.15) is 0 Å². The zero-order valence-electron chi connectivity index (χ0n) is 12.4. The Balaban J connectivity index is 1.83. The van der Waals surface area contributed by atoms with E-state index in [1.807, 2.05) is 17.9 Å². The predicted octanol–water partition coefficient (Wildman–Crippen LogP) is 2.56. The van der Waals surface area contributed by atoms with Gasteiger partial charge >= 0.3 is 0 Å². The highest BCUT2D eigenvalue weighted by Gasteiger charge is 2.25. The molecule has 0 spiro atoms. The number of thiophene rings is 1. The van der Waals surface area contributed by atoms with Crippen molar-refractivity contribution in [3.63, 3.8) is 0 Å². The molecule has 1 aliphatic heterocycles. The van der Waals surface area contributed by atoms with Gasteiger partial charge in [-0.1, -0.05) is 0 Å². The topological polar surface area (TPSA) is 43.8 Å². The van der Waals surface area contributed by atoms with Crippen molar-refractivity contribution in [1.29, 1.82) is 0 Å². The van der Waals surface area contributed by atoms with E-state index in [0.717, 1.165) is 36.3 Å². The summed E-state index contributed by atoms with van der Waals surface area (Å²) < 4.78 is 1.10. The van der Waals surface area contributed by atoms with Crippen LogP contribution in [0.4, 0.5) is 0 Å². The van der Waals surface area contributed by atoms with Crippen molar-refractivity contribution in [3.05, 3.63) is 20.8 Å². The standard InChI is InChI=1S/C15H23BrN2O2S/c1-2-18(10-13-3-4-14(16)21-13)15(20)11-17-7-5-12(9-17)6-8-19/h3-4,12,19H,2,5-11H2,1H3. The van der Waals surface area contributed by atoms with Crippen LogP contribution in [0, 0.1) is 5.92 Å². The summed E-state index contributed by atoms with van der Waals surface area (Å²) in [5.74, 6) is 0.748. The molecule has 0 saturated carbocycles. The Morgan fingerprint density at radius 3 is 3.00 bits per heavy atom. The fourth-order valence-corrected chi connectivity index (χ4v) is 4.27. The molecule has 1 aliphatic rings. The molecule has 1 amide bonds. The predicted molar refractivity (Wildman–Crippen MR) is 89.4 cm³/mol. The molecule has 21 heavy (non-hydrogen) atoms. The van der Waals surface area contributed by atoms with Crippen LogP contribution in [0.5, 0.6) is 0 Å². The minimum atomic E-state index is 0.201. The van der Waals surface area contributed by atoms with Crippen molar-refractivity contribution in [3.8, 4) is 0 Å². The zero-order chi connectivity index (χ0) is 15.2. The maximum absolute atomic E-state index is 12.4. The number of aliphatic hydroxyl groups excluding tert-OH is 1. The molecule has 118 valence electrons. The molecule has 2 rings (SSSR count). The molecular formula is C15H23BrN2O2S. The van der Waals surface area contributed by atoms with E-state index in [1.165, 1.54) is 4.88 Å². The van der Waals surface area contributed by atoms with Crippen molar-refractivity contribution in [2.45, 2.75) is 26.3 Å². The van der Waals surface area contributed by atoms with Gasteiger partial charge in [0.2, 0.25) is 5.91 Å². The summed E-state index contributed by atoms with van der Waals surface area (Å²) in [6.07, 6.45) is 1.95. The number of likely N-dealkylation sites (N-methyl/N-ethyl adjacent to an activating group) is 1. The second-order valence-electron chi connectivity index (χ2n) is 5.52. The number of aliphatic hydroxyl groups is 1. The first-order valence-corrected chi connectivity index (χ1v) is 9.08. The Labute approximate surface area is 138 Å². The van der Waals surface area contributed by atoms with E-state index in [0.29, 0.717) is 19.0 Å². The summed E-state index contributed by atoms with van der Waals surface area (Å²) in [6.45, 7) is 6.12. The minimum Gasteiger partial charge on any atom is -0.396 e. The van der Waals surface area contributed by atoms with Gasteiger partial charge in [0.05, 0.1) is 16.9 Å². The van der Waals surface area contributed by atoms with E-state index in [9.17, 15) is 4.79 Å². The van der Waals surface area contributed by atoms with E-state index < -0.39 is 0 Å². The average molecular weight is 375 g/mol. The summed E-state index contributed by atoms with van der Waals surface area (Å²) in [5.41, 5.74) is 0. The van der Waals surface area contributed by atoms with Gasteiger partial charge in [0.1, 0.15) is 0 Å².